The Hall–Kier alpha value is -2.97. The minimum absolute atomic E-state index is 0.122. The number of hydrogen-bond acceptors (Lipinski definition) is 4. The highest BCUT2D eigenvalue weighted by Gasteiger charge is 2.24. The monoisotopic (exact) mass is 345 g/mol. The maximum Gasteiger partial charge on any atom is 0.161 e. The van der Waals surface area contributed by atoms with Crippen molar-refractivity contribution in [2.75, 3.05) is 0 Å². The molecule has 4 nitrogen and oxygen atoms in total. The number of aromatic nitrogens is 2. The number of nitrogens with one attached hydrogen (secondary N) is 1. The summed E-state index contributed by atoms with van der Waals surface area (Å²) < 4.78 is 0.994. The van der Waals surface area contributed by atoms with E-state index in [1.54, 1.807) is 0 Å². The first-order valence-corrected chi connectivity index (χ1v) is 8.82. The van der Waals surface area contributed by atoms with Crippen LogP contribution in [0, 0.1) is 18.3 Å². The summed E-state index contributed by atoms with van der Waals surface area (Å²) in [5.74, 6) is -0.948. The molecular formula is C20H15N3OS. The van der Waals surface area contributed by atoms with Crippen LogP contribution in [0.5, 0.6) is 0 Å². The van der Waals surface area contributed by atoms with Crippen LogP contribution in [0.1, 0.15) is 22.1 Å². The summed E-state index contributed by atoms with van der Waals surface area (Å²) >= 11 is 1.41. The number of Topliss-reactive ketones (excluding diaryl/α,β-unsaturated/α-hetero) is 1. The molecule has 25 heavy (non-hydrogen) atoms. The van der Waals surface area contributed by atoms with Crippen LogP contribution in [-0.4, -0.2) is 15.8 Å². The predicted octanol–water partition coefficient (Wildman–Crippen LogP) is 4.51. The normalized spacial score (nSPS) is 12.3. The van der Waals surface area contributed by atoms with Crippen LogP contribution >= 0.6 is 11.3 Å². The molecule has 2 aromatic heterocycles. The Morgan fingerprint density at radius 2 is 2.16 bits per heavy atom. The largest absolute Gasteiger partial charge is 0.361 e. The highest BCUT2D eigenvalue weighted by Crippen LogP contribution is 2.29. The van der Waals surface area contributed by atoms with Gasteiger partial charge in [-0.15, -0.1) is 11.3 Å². The average Bonchev–Trinajstić information content (AvgIpc) is 3.19. The van der Waals surface area contributed by atoms with Crippen molar-refractivity contribution in [1.82, 2.24) is 9.97 Å². The number of thiazole rings is 1. The van der Waals surface area contributed by atoms with Crippen molar-refractivity contribution in [3.05, 3.63) is 64.8 Å². The fourth-order valence-electron chi connectivity index (χ4n) is 3.01. The van der Waals surface area contributed by atoms with Crippen LogP contribution in [0.15, 0.2) is 48.7 Å². The molecule has 0 saturated carbocycles. The van der Waals surface area contributed by atoms with Gasteiger partial charge in [-0.1, -0.05) is 24.3 Å². The molecule has 0 aliphatic heterocycles. The van der Waals surface area contributed by atoms with Crippen molar-refractivity contribution in [3.63, 3.8) is 0 Å². The second-order valence-electron chi connectivity index (χ2n) is 6.09. The fourth-order valence-corrected chi connectivity index (χ4v) is 4.05. The average molecular weight is 345 g/mol. The molecule has 0 radical (unpaired) electrons. The molecule has 0 saturated heterocycles. The molecule has 0 spiro atoms. The van der Waals surface area contributed by atoms with Gasteiger partial charge in [-0.25, -0.2) is 4.98 Å². The molecule has 1 N–H and O–H groups in total. The summed E-state index contributed by atoms with van der Waals surface area (Å²) in [5.41, 5.74) is 3.92. The summed E-state index contributed by atoms with van der Waals surface area (Å²) in [5, 5.41) is 11.1. The van der Waals surface area contributed by atoms with Crippen molar-refractivity contribution < 1.29 is 4.79 Å². The van der Waals surface area contributed by atoms with E-state index in [-0.39, 0.29) is 12.2 Å². The molecule has 0 amide bonds. The number of H-pyrrole nitrogens is 1. The zero-order chi connectivity index (χ0) is 17.4. The second-order valence-corrected chi connectivity index (χ2v) is 7.15. The van der Waals surface area contributed by atoms with E-state index in [0.29, 0.717) is 5.01 Å². The Morgan fingerprint density at radius 1 is 1.32 bits per heavy atom. The van der Waals surface area contributed by atoms with Gasteiger partial charge in [0.15, 0.2) is 11.7 Å². The van der Waals surface area contributed by atoms with E-state index in [2.05, 4.69) is 22.1 Å². The number of hydrogen-bond donors (Lipinski definition) is 1. The third-order valence-corrected chi connectivity index (χ3v) is 5.40. The summed E-state index contributed by atoms with van der Waals surface area (Å²) in [6.07, 6.45) is 2.08. The summed E-state index contributed by atoms with van der Waals surface area (Å²) in [6, 6.07) is 15.9. The lowest BCUT2D eigenvalue weighted by Gasteiger charge is -2.04. The van der Waals surface area contributed by atoms with Crippen LogP contribution < -0.4 is 0 Å². The topological polar surface area (TPSA) is 69.5 Å². The minimum atomic E-state index is -0.826. The third-order valence-electron chi connectivity index (χ3n) is 4.30. The maximum absolute atomic E-state index is 12.8. The number of carbonyl (C=O) groups is 1. The first-order valence-electron chi connectivity index (χ1n) is 8.00. The molecule has 0 bridgehead atoms. The van der Waals surface area contributed by atoms with Gasteiger partial charge in [-0.05, 0) is 36.2 Å². The molecule has 0 aliphatic carbocycles. The second kappa shape index (κ2) is 6.15. The van der Waals surface area contributed by atoms with E-state index in [9.17, 15) is 10.1 Å². The minimum Gasteiger partial charge on any atom is -0.361 e. The smallest absolute Gasteiger partial charge is 0.161 e. The molecule has 1 atom stereocenters. The number of ketones is 1. The molecule has 122 valence electrons. The Kier molecular flexibility index (Phi) is 3.83. The molecule has 2 heterocycles. The van der Waals surface area contributed by atoms with Crippen molar-refractivity contribution in [2.24, 2.45) is 0 Å². The van der Waals surface area contributed by atoms with E-state index >= 15 is 0 Å². The number of para-hydroxylation sites is 1. The van der Waals surface area contributed by atoms with Gasteiger partial charge < -0.3 is 4.98 Å². The Morgan fingerprint density at radius 3 is 2.96 bits per heavy atom. The van der Waals surface area contributed by atoms with Crippen LogP contribution in [0.25, 0.3) is 21.1 Å². The van der Waals surface area contributed by atoms with Gasteiger partial charge in [-0.3, -0.25) is 4.79 Å². The number of fused-ring (bicyclic) bond motifs is 2. The van der Waals surface area contributed by atoms with E-state index in [1.165, 1.54) is 11.3 Å². The number of rotatable bonds is 4. The molecule has 0 fully saturated rings. The predicted molar refractivity (Wildman–Crippen MR) is 99.7 cm³/mol. The lowest BCUT2D eigenvalue weighted by molar-refractivity contribution is -0.118. The zero-order valence-electron chi connectivity index (χ0n) is 13.6. The van der Waals surface area contributed by atoms with Crippen LogP contribution in [0.3, 0.4) is 0 Å². The van der Waals surface area contributed by atoms with E-state index in [1.807, 2.05) is 49.5 Å². The summed E-state index contributed by atoms with van der Waals surface area (Å²) in [6.45, 7) is 2.03. The quantitative estimate of drug-likeness (QED) is 0.592. The van der Waals surface area contributed by atoms with Gasteiger partial charge in [0.1, 0.15) is 5.01 Å². The first kappa shape index (κ1) is 15.6. The molecule has 4 aromatic rings. The number of aryl methyl sites for hydroxylation is 1. The Bertz CT molecular complexity index is 1100. The van der Waals surface area contributed by atoms with Gasteiger partial charge >= 0.3 is 0 Å². The first-order chi connectivity index (χ1) is 12.2. The van der Waals surface area contributed by atoms with Crippen molar-refractivity contribution in [1.29, 1.82) is 5.26 Å². The molecular weight excluding hydrogens is 330 g/mol. The summed E-state index contributed by atoms with van der Waals surface area (Å²) in [7, 11) is 0. The molecule has 0 aliphatic rings. The number of nitriles is 1. The van der Waals surface area contributed by atoms with Crippen molar-refractivity contribution in [2.45, 2.75) is 19.3 Å². The van der Waals surface area contributed by atoms with Gasteiger partial charge in [0.05, 0.1) is 16.3 Å². The Labute approximate surface area is 148 Å². The van der Waals surface area contributed by atoms with Crippen LogP contribution in [-0.2, 0) is 11.2 Å². The lowest BCUT2D eigenvalue weighted by Crippen LogP contribution is -2.13. The van der Waals surface area contributed by atoms with Gasteiger partial charge in [0.25, 0.3) is 0 Å². The Balaban J connectivity index is 1.65. The molecule has 4 rings (SSSR count). The molecule has 0 unspecified atom stereocenters. The van der Waals surface area contributed by atoms with Crippen LogP contribution in [0.4, 0.5) is 0 Å². The standard InChI is InChI=1S/C20H15N3OS/c1-12-6-7-14-13(11-22-17(14)8-12)9-18(24)15(10-21)20-23-16-4-2-3-5-19(16)25-20/h2-8,11,15,22H,9H2,1H3/t15-/m0/s1. The zero-order valence-corrected chi connectivity index (χ0v) is 14.4. The highest BCUT2D eigenvalue weighted by atomic mass is 32.1. The number of benzene rings is 2. The number of carbonyl (C=O) groups excluding carboxylic acids is 1. The van der Waals surface area contributed by atoms with Crippen molar-refractivity contribution >= 4 is 38.2 Å². The maximum atomic E-state index is 12.8. The number of nitrogens with zero attached hydrogens (tertiary/aromatic N) is 2. The SMILES string of the molecule is Cc1ccc2c(CC(=O)[C@H](C#N)c3nc4ccccc4s3)c[nH]c2c1. The lowest BCUT2D eigenvalue weighted by atomic mass is 9.99. The van der Waals surface area contributed by atoms with Crippen molar-refractivity contribution in [3.8, 4) is 6.07 Å². The number of aromatic amines is 1. The van der Waals surface area contributed by atoms with Crippen LogP contribution in [0.2, 0.25) is 0 Å². The van der Waals surface area contributed by atoms with Gasteiger partial charge in [-0.2, -0.15) is 5.26 Å². The molecule has 2 aromatic carbocycles. The van der Waals surface area contributed by atoms with E-state index in [0.717, 1.165) is 32.2 Å². The van der Waals surface area contributed by atoms with E-state index < -0.39 is 5.92 Å². The molecule has 5 heteroatoms. The van der Waals surface area contributed by atoms with E-state index in [4.69, 9.17) is 0 Å². The highest BCUT2D eigenvalue weighted by molar-refractivity contribution is 7.18. The van der Waals surface area contributed by atoms with Gasteiger partial charge in [0, 0.05) is 23.5 Å². The van der Waals surface area contributed by atoms with Gasteiger partial charge in [0.2, 0.25) is 0 Å². The fraction of sp³-hybridized carbons (Fsp3) is 0.150. The summed E-state index contributed by atoms with van der Waals surface area (Å²) in [4.78, 5) is 20.4. The third kappa shape index (κ3) is 2.81.